The molecule has 0 spiro atoms. The predicted octanol–water partition coefficient (Wildman–Crippen LogP) is 0.510. The van der Waals surface area contributed by atoms with Crippen LogP contribution < -0.4 is 5.32 Å². The molecular weight excluding hydrogens is 242 g/mol. The van der Waals surface area contributed by atoms with E-state index in [9.17, 15) is 13.6 Å². The summed E-state index contributed by atoms with van der Waals surface area (Å²) in [7, 11) is 1.37. The van der Waals surface area contributed by atoms with Gasteiger partial charge in [-0.15, -0.1) is 12.4 Å². The third-order valence-electron chi connectivity index (χ3n) is 2.25. The third kappa shape index (κ3) is 5.58. The van der Waals surface area contributed by atoms with Crippen molar-refractivity contribution in [3.63, 3.8) is 0 Å². The first kappa shape index (κ1) is 15.5. The highest BCUT2D eigenvalue weighted by atomic mass is 35.5. The van der Waals surface area contributed by atoms with Gasteiger partial charge in [0.05, 0.1) is 25.7 Å². The average Bonchev–Trinajstić information content (AvgIpc) is 2.07. The molecule has 1 aliphatic rings. The van der Waals surface area contributed by atoms with Gasteiger partial charge in [-0.25, -0.2) is 8.78 Å². The zero-order valence-electron chi connectivity index (χ0n) is 9.12. The molecule has 0 saturated carbocycles. The normalized spacial score (nSPS) is 15.5. The molecule has 0 unspecified atom stereocenters. The van der Waals surface area contributed by atoms with Crippen LogP contribution in [-0.2, 0) is 9.53 Å². The molecule has 1 aliphatic heterocycles. The second-order valence-electron chi connectivity index (χ2n) is 3.57. The van der Waals surface area contributed by atoms with Crippen molar-refractivity contribution < 1.29 is 18.3 Å². The summed E-state index contributed by atoms with van der Waals surface area (Å²) in [6.45, 7) is 1.41. The fourth-order valence-corrected chi connectivity index (χ4v) is 1.19. The van der Waals surface area contributed by atoms with Gasteiger partial charge >= 0.3 is 0 Å². The Labute approximate surface area is 99.7 Å². The molecule has 0 aromatic carbocycles. The van der Waals surface area contributed by atoms with Gasteiger partial charge in [0.15, 0.2) is 0 Å². The molecule has 1 fully saturated rings. The van der Waals surface area contributed by atoms with E-state index in [1.165, 1.54) is 7.05 Å². The van der Waals surface area contributed by atoms with Crippen molar-refractivity contribution in [3.8, 4) is 0 Å². The van der Waals surface area contributed by atoms with Gasteiger partial charge in [-0.2, -0.15) is 0 Å². The molecule has 0 atom stereocenters. The Morgan fingerprint density at radius 1 is 1.56 bits per heavy atom. The number of nitrogens with zero attached hydrogens (tertiary/aromatic N) is 1. The molecule has 1 saturated heterocycles. The number of nitrogens with one attached hydrogen (secondary N) is 1. The zero-order chi connectivity index (χ0) is 11.3. The Hall–Kier alpha value is -0.460. The number of amides is 1. The zero-order valence-corrected chi connectivity index (χ0v) is 9.93. The number of hydrogen-bond acceptors (Lipinski definition) is 3. The predicted molar refractivity (Wildman–Crippen MR) is 58.1 cm³/mol. The smallest absolute Gasteiger partial charge is 0.255 e. The summed E-state index contributed by atoms with van der Waals surface area (Å²) in [5.74, 6) is -0.303. The fraction of sp³-hybridized carbons (Fsp3) is 0.889. The summed E-state index contributed by atoms with van der Waals surface area (Å²) in [6, 6.07) is 0. The van der Waals surface area contributed by atoms with Gasteiger partial charge in [-0.1, -0.05) is 0 Å². The van der Waals surface area contributed by atoms with E-state index in [2.05, 4.69) is 5.32 Å². The molecule has 0 aromatic heterocycles. The lowest BCUT2D eigenvalue weighted by Gasteiger charge is -2.27. The minimum Gasteiger partial charge on any atom is -0.375 e. The van der Waals surface area contributed by atoms with E-state index in [0.717, 1.165) is 18.0 Å². The van der Waals surface area contributed by atoms with Crippen molar-refractivity contribution in [2.75, 3.05) is 33.3 Å². The van der Waals surface area contributed by atoms with E-state index in [-0.39, 0.29) is 30.8 Å². The van der Waals surface area contributed by atoms with Crippen molar-refractivity contribution in [3.05, 3.63) is 0 Å². The molecule has 0 bridgehead atoms. The second kappa shape index (κ2) is 7.76. The average molecular weight is 259 g/mol. The molecule has 0 aromatic rings. The number of hydrogen-bond donors (Lipinski definition) is 1. The quantitative estimate of drug-likeness (QED) is 0.755. The maximum absolute atomic E-state index is 11.9. The summed E-state index contributed by atoms with van der Waals surface area (Å²) >= 11 is 0. The fourth-order valence-electron chi connectivity index (χ4n) is 1.19. The first-order chi connectivity index (χ1) is 7.09. The van der Waals surface area contributed by atoms with E-state index < -0.39 is 13.0 Å². The van der Waals surface area contributed by atoms with Crippen LogP contribution in [0.3, 0.4) is 0 Å². The highest BCUT2D eigenvalue weighted by Gasteiger charge is 2.18. The maximum Gasteiger partial charge on any atom is 0.255 e. The summed E-state index contributed by atoms with van der Waals surface area (Å²) < 4.78 is 29.2. The molecule has 4 nitrogen and oxygen atoms in total. The van der Waals surface area contributed by atoms with Gasteiger partial charge in [0.2, 0.25) is 5.91 Å². The van der Waals surface area contributed by atoms with Crippen LogP contribution >= 0.6 is 12.4 Å². The minimum atomic E-state index is -2.48. The number of ether oxygens (including phenoxy) is 1. The standard InChI is InChI=1S/C9H16F2N2O2.ClH/c1-13(6-8(10)11)9(14)2-3-15-7-4-12-5-7;/h7-8,12H,2-6H2,1H3;1H. The number of carbonyl (C=O) groups is 1. The third-order valence-corrected chi connectivity index (χ3v) is 2.25. The largest absolute Gasteiger partial charge is 0.375 e. The second-order valence-corrected chi connectivity index (χ2v) is 3.57. The van der Waals surface area contributed by atoms with E-state index in [1.54, 1.807) is 0 Å². The first-order valence-electron chi connectivity index (χ1n) is 4.94. The molecule has 1 rings (SSSR count). The molecular formula is C9H17ClF2N2O2. The van der Waals surface area contributed by atoms with E-state index in [1.807, 2.05) is 0 Å². The maximum atomic E-state index is 11.9. The monoisotopic (exact) mass is 258 g/mol. The van der Waals surface area contributed by atoms with Gasteiger partial charge in [0, 0.05) is 20.1 Å². The number of rotatable bonds is 6. The van der Waals surface area contributed by atoms with Crippen LogP contribution in [0, 0.1) is 0 Å². The Kier molecular flexibility index (Phi) is 7.53. The molecule has 1 N–H and O–H groups in total. The van der Waals surface area contributed by atoms with E-state index in [4.69, 9.17) is 4.74 Å². The molecule has 0 aliphatic carbocycles. The SMILES string of the molecule is CN(CC(F)F)C(=O)CCOC1CNC1.Cl. The van der Waals surface area contributed by atoms with Gasteiger partial charge in [0.25, 0.3) is 6.43 Å². The summed E-state index contributed by atoms with van der Waals surface area (Å²) in [5.41, 5.74) is 0. The Bertz CT molecular complexity index is 216. The van der Waals surface area contributed by atoms with Crippen LogP contribution in [0.1, 0.15) is 6.42 Å². The molecule has 1 amide bonds. The topological polar surface area (TPSA) is 41.6 Å². The minimum absolute atomic E-state index is 0. The van der Waals surface area contributed by atoms with Crippen LogP contribution in [0.5, 0.6) is 0 Å². The molecule has 7 heteroatoms. The molecule has 0 radical (unpaired) electrons. The van der Waals surface area contributed by atoms with Crippen LogP contribution in [0.15, 0.2) is 0 Å². The summed E-state index contributed by atoms with van der Waals surface area (Å²) in [4.78, 5) is 12.3. The van der Waals surface area contributed by atoms with Crippen LogP contribution in [0.4, 0.5) is 8.78 Å². The Morgan fingerprint density at radius 3 is 2.62 bits per heavy atom. The molecule has 16 heavy (non-hydrogen) atoms. The lowest BCUT2D eigenvalue weighted by Crippen LogP contribution is -2.48. The van der Waals surface area contributed by atoms with Crippen molar-refractivity contribution >= 4 is 18.3 Å². The summed E-state index contributed by atoms with van der Waals surface area (Å²) in [5, 5.41) is 3.03. The summed E-state index contributed by atoms with van der Waals surface area (Å²) in [6.07, 6.45) is -2.13. The molecule has 1 heterocycles. The highest BCUT2D eigenvalue weighted by Crippen LogP contribution is 2.02. The number of carbonyl (C=O) groups excluding carboxylic acids is 1. The first-order valence-corrected chi connectivity index (χ1v) is 4.94. The highest BCUT2D eigenvalue weighted by molar-refractivity contribution is 5.85. The Balaban J connectivity index is 0.00000225. The van der Waals surface area contributed by atoms with Gasteiger partial charge < -0.3 is 15.0 Å². The number of alkyl halides is 2. The van der Waals surface area contributed by atoms with Gasteiger partial charge in [-0.05, 0) is 0 Å². The van der Waals surface area contributed by atoms with Crippen LogP contribution in [-0.4, -0.2) is 56.6 Å². The lowest BCUT2D eigenvalue weighted by atomic mass is 10.2. The van der Waals surface area contributed by atoms with Crippen LogP contribution in [0.2, 0.25) is 0 Å². The van der Waals surface area contributed by atoms with Crippen molar-refractivity contribution in [1.82, 2.24) is 10.2 Å². The lowest BCUT2D eigenvalue weighted by molar-refractivity contribution is -0.133. The Morgan fingerprint density at radius 2 is 2.19 bits per heavy atom. The van der Waals surface area contributed by atoms with E-state index >= 15 is 0 Å². The van der Waals surface area contributed by atoms with Gasteiger partial charge in [0.1, 0.15) is 0 Å². The van der Waals surface area contributed by atoms with Crippen molar-refractivity contribution in [2.24, 2.45) is 0 Å². The number of halogens is 3. The van der Waals surface area contributed by atoms with Gasteiger partial charge in [-0.3, -0.25) is 4.79 Å². The van der Waals surface area contributed by atoms with Crippen molar-refractivity contribution in [1.29, 1.82) is 0 Å². The molecule has 96 valence electrons. The van der Waals surface area contributed by atoms with Crippen LogP contribution in [0.25, 0.3) is 0 Å². The van der Waals surface area contributed by atoms with Crippen molar-refractivity contribution in [2.45, 2.75) is 19.0 Å². The van der Waals surface area contributed by atoms with E-state index in [0.29, 0.717) is 6.61 Å².